The molecule has 1 spiro atoms. The summed E-state index contributed by atoms with van der Waals surface area (Å²) in [5.74, 6) is 1.38. The van der Waals surface area contributed by atoms with E-state index in [2.05, 4.69) is 26.1 Å². The number of fused-ring (bicyclic) bond motifs is 1. The van der Waals surface area contributed by atoms with E-state index in [1.165, 1.54) is 12.8 Å². The van der Waals surface area contributed by atoms with Crippen LogP contribution < -0.4 is 5.32 Å². The van der Waals surface area contributed by atoms with Gasteiger partial charge in [0.1, 0.15) is 0 Å². The van der Waals surface area contributed by atoms with Gasteiger partial charge < -0.3 is 10.1 Å². The summed E-state index contributed by atoms with van der Waals surface area (Å²) in [6.45, 7) is 7.79. The molecule has 3 aliphatic rings. The molecule has 2 bridgehead atoms. The van der Waals surface area contributed by atoms with Crippen LogP contribution in [0.15, 0.2) is 30.3 Å². The van der Waals surface area contributed by atoms with Gasteiger partial charge in [0.15, 0.2) is 0 Å². The molecule has 3 fully saturated rings. The van der Waals surface area contributed by atoms with E-state index in [1.54, 1.807) is 0 Å². The van der Waals surface area contributed by atoms with Crippen molar-refractivity contribution in [3.05, 3.63) is 35.9 Å². The predicted molar refractivity (Wildman–Crippen MR) is 94.8 cm³/mol. The van der Waals surface area contributed by atoms with Crippen molar-refractivity contribution in [2.75, 3.05) is 6.61 Å². The van der Waals surface area contributed by atoms with E-state index >= 15 is 0 Å². The molecule has 1 amide bonds. The van der Waals surface area contributed by atoms with E-state index in [4.69, 9.17) is 4.74 Å². The van der Waals surface area contributed by atoms with Crippen molar-refractivity contribution in [1.29, 1.82) is 0 Å². The van der Waals surface area contributed by atoms with E-state index in [0.717, 1.165) is 25.0 Å². The molecule has 3 nitrogen and oxygen atoms in total. The number of hydrogen-bond acceptors (Lipinski definition) is 2. The van der Waals surface area contributed by atoms with Crippen molar-refractivity contribution >= 4 is 5.91 Å². The van der Waals surface area contributed by atoms with Gasteiger partial charge in [0.05, 0.1) is 6.10 Å². The second-order valence-electron chi connectivity index (χ2n) is 8.64. The zero-order valence-electron chi connectivity index (χ0n) is 15.0. The number of nitrogens with one attached hydrogen (secondary N) is 1. The molecule has 5 atom stereocenters. The van der Waals surface area contributed by atoms with Gasteiger partial charge in [0.2, 0.25) is 0 Å². The first kappa shape index (κ1) is 16.1. The van der Waals surface area contributed by atoms with Crippen LogP contribution in [0.4, 0.5) is 0 Å². The van der Waals surface area contributed by atoms with Crippen molar-refractivity contribution in [3.63, 3.8) is 0 Å². The third-order valence-electron chi connectivity index (χ3n) is 7.34. The van der Waals surface area contributed by atoms with Gasteiger partial charge in [-0.25, -0.2) is 0 Å². The first-order valence-electron chi connectivity index (χ1n) is 9.46. The molecular weight excluding hydrogens is 298 g/mol. The maximum Gasteiger partial charge on any atom is 0.251 e. The Labute approximate surface area is 145 Å². The quantitative estimate of drug-likeness (QED) is 0.910. The van der Waals surface area contributed by atoms with Crippen LogP contribution in [0.2, 0.25) is 0 Å². The minimum absolute atomic E-state index is 0.0777. The fraction of sp³-hybridized carbons (Fsp3) is 0.667. The Hall–Kier alpha value is -1.35. The molecular formula is C21H29NO2. The Morgan fingerprint density at radius 3 is 2.75 bits per heavy atom. The van der Waals surface area contributed by atoms with Crippen LogP contribution in [0.1, 0.15) is 56.8 Å². The maximum atomic E-state index is 12.8. The van der Waals surface area contributed by atoms with Crippen LogP contribution in [0, 0.1) is 22.7 Å². The van der Waals surface area contributed by atoms with E-state index in [0.29, 0.717) is 17.9 Å². The average Bonchev–Trinajstić information content (AvgIpc) is 3.08. The Morgan fingerprint density at radius 1 is 1.29 bits per heavy atom. The van der Waals surface area contributed by atoms with Crippen LogP contribution in [0.5, 0.6) is 0 Å². The molecule has 1 aliphatic heterocycles. The molecule has 0 unspecified atom stereocenters. The largest absolute Gasteiger partial charge is 0.378 e. The Balaban J connectivity index is 1.64. The predicted octanol–water partition coefficient (Wildman–Crippen LogP) is 4.04. The van der Waals surface area contributed by atoms with E-state index in [9.17, 15) is 4.79 Å². The number of carbonyl (C=O) groups is 1. The summed E-state index contributed by atoms with van der Waals surface area (Å²) in [4.78, 5) is 12.8. The summed E-state index contributed by atoms with van der Waals surface area (Å²) < 4.78 is 6.08. The highest BCUT2D eigenvalue weighted by molar-refractivity contribution is 5.94. The lowest BCUT2D eigenvalue weighted by Gasteiger charge is -2.53. The number of hydrogen-bond donors (Lipinski definition) is 1. The van der Waals surface area contributed by atoms with Crippen LogP contribution >= 0.6 is 0 Å². The Kier molecular flexibility index (Phi) is 3.76. The summed E-state index contributed by atoms with van der Waals surface area (Å²) in [6.07, 6.45) is 5.07. The summed E-state index contributed by atoms with van der Waals surface area (Å²) in [6, 6.07) is 9.89. The lowest BCUT2D eigenvalue weighted by atomic mass is 9.59. The summed E-state index contributed by atoms with van der Waals surface area (Å²) >= 11 is 0. The Morgan fingerprint density at radius 2 is 2.04 bits per heavy atom. The smallest absolute Gasteiger partial charge is 0.251 e. The second kappa shape index (κ2) is 5.59. The molecule has 4 rings (SSSR count). The number of benzene rings is 1. The van der Waals surface area contributed by atoms with Gasteiger partial charge >= 0.3 is 0 Å². The topological polar surface area (TPSA) is 38.3 Å². The lowest BCUT2D eigenvalue weighted by Crippen LogP contribution is -2.60. The van der Waals surface area contributed by atoms with Crippen LogP contribution in [-0.4, -0.2) is 24.7 Å². The van der Waals surface area contributed by atoms with E-state index in [-0.39, 0.29) is 22.8 Å². The van der Waals surface area contributed by atoms with Gasteiger partial charge in [0, 0.05) is 18.2 Å². The molecule has 24 heavy (non-hydrogen) atoms. The summed E-state index contributed by atoms with van der Waals surface area (Å²) in [5.41, 5.74) is 1.16. The second-order valence-corrected chi connectivity index (χ2v) is 8.64. The van der Waals surface area contributed by atoms with Gasteiger partial charge in [-0.1, -0.05) is 39.0 Å². The molecule has 1 saturated heterocycles. The van der Waals surface area contributed by atoms with Crippen LogP contribution in [0.25, 0.3) is 0 Å². The van der Waals surface area contributed by atoms with Gasteiger partial charge in [-0.15, -0.1) is 0 Å². The highest BCUT2D eigenvalue weighted by Gasteiger charge is 2.68. The van der Waals surface area contributed by atoms with Crippen molar-refractivity contribution in [3.8, 4) is 0 Å². The van der Waals surface area contributed by atoms with Crippen LogP contribution in [0.3, 0.4) is 0 Å². The third-order valence-corrected chi connectivity index (χ3v) is 7.34. The monoisotopic (exact) mass is 327 g/mol. The highest BCUT2D eigenvalue weighted by atomic mass is 16.5. The van der Waals surface area contributed by atoms with Crippen molar-refractivity contribution < 1.29 is 9.53 Å². The fourth-order valence-corrected chi connectivity index (χ4v) is 6.12. The zero-order chi connectivity index (χ0) is 16.9. The normalized spacial score (nSPS) is 39.5. The average molecular weight is 327 g/mol. The molecule has 3 heteroatoms. The number of carbonyl (C=O) groups excluding carboxylic acids is 1. The molecule has 0 aromatic heterocycles. The van der Waals surface area contributed by atoms with Gasteiger partial charge in [-0.2, -0.15) is 0 Å². The first-order chi connectivity index (χ1) is 11.5. The molecule has 0 radical (unpaired) electrons. The van der Waals surface area contributed by atoms with Crippen molar-refractivity contribution in [2.24, 2.45) is 22.7 Å². The molecule has 1 aromatic carbocycles. The van der Waals surface area contributed by atoms with Crippen LogP contribution in [-0.2, 0) is 4.74 Å². The van der Waals surface area contributed by atoms with E-state index in [1.807, 2.05) is 30.3 Å². The zero-order valence-corrected chi connectivity index (χ0v) is 15.0. The molecule has 2 aliphatic carbocycles. The third kappa shape index (κ3) is 2.17. The fourth-order valence-electron chi connectivity index (χ4n) is 6.12. The van der Waals surface area contributed by atoms with Crippen molar-refractivity contribution in [1.82, 2.24) is 5.32 Å². The molecule has 2 saturated carbocycles. The standard InChI is InChI=1S/C21H29NO2/c1-4-17-16-12-15-13-21(16,10-11-24-17)19(20(15,2)3)22-18(23)14-8-6-5-7-9-14/h5-9,15-17,19H,4,10-13H2,1-3H3,(H,22,23)/t15-,16-,17-,19+,21-/m1/s1. The summed E-state index contributed by atoms with van der Waals surface area (Å²) in [5, 5.41) is 3.46. The number of rotatable bonds is 3. The summed E-state index contributed by atoms with van der Waals surface area (Å²) in [7, 11) is 0. The number of ether oxygens (including phenoxy) is 1. The SMILES string of the molecule is CC[C@H]1OCC[C@@]23C[C@@H](C[C@H]12)C(C)(C)[C@@H]3NC(=O)c1ccccc1. The van der Waals surface area contributed by atoms with Gasteiger partial charge in [0.25, 0.3) is 5.91 Å². The molecule has 1 heterocycles. The first-order valence-corrected chi connectivity index (χ1v) is 9.46. The molecule has 1 aromatic rings. The molecule has 1 N–H and O–H groups in total. The minimum atomic E-state index is 0.0777. The lowest BCUT2D eigenvalue weighted by molar-refractivity contribution is -0.118. The Bertz CT molecular complexity index is 626. The highest BCUT2D eigenvalue weighted by Crippen LogP contribution is 2.68. The van der Waals surface area contributed by atoms with Crippen molar-refractivity contribution in [2.45, 2.75) is 58.6 Å². The van der Waals surface area contributed by atoms with E-state index < -0.39 is 0 Å². The minimum Gasteiger partial charge on any atom is -0.378 e. The number of amides is 1. The maximum absolute atomic E-state index is 12.8. The molecule has 130 valence electrons. The van der Waals surface area contributed by atoms with Gasteiger partial charge in [-0.3, -0.25) is 4.79 Å². The van der Waals surface area contributed by atoms with Gasteiger partial charge in [-0.05, 0) is 60.5 Å².